The summed E-state index contributed by atoms with van der Waals surface area (Å²) < 4.78 is 137. The van der Waals surface area contributed by atoms with Crippen molar-refractivity contribution in [3.63, 3.8) is 0 Å². The molecule has 11 heteroatoms. The van der Waals surface area contributed by atoms with E-state index in [1.165, 1.54) is 39.8 Å². The van der Waals surface area contributed by atoms with Gasteiger partial charge in [0.05, 0.1) is 27.6 Å². The lowest BCUT2D eigenvalue weighted by Crippen LogP contribution is -2.20. The fourth-order valence-corrected chi connectivity index (χ4v) is 6.92. The molecule has 0 amide bonds. The molecule has 0 saturated carbocycles. The molecule has 0 N–H and O–H groups in total. The van der Waals surface area contributed by atoms with E-state index in [0.717, 1.165) is 25.1 Å². The van der Waals surface area contributed by atoms with Gasteiger partial charge < -0.3 is 0 Å². The van der Waals surface area contributed by atoms with Crippen LogP contribution < -0.4 is 0 Å². The molecule has 0 aliphatic heterocycles. The van der Waals surface area contributed by atoms with Gasteiger partial charge in [0.2, 0.25) is 0 Å². The van der Waals surface area contributed by atoms with E-state index >= 15 is 0 Å². The van der Waals surface area contributed by atoms with E-state index in [-0.39, 0.29) is 36.9 Å². The topological polar surface area (TPSA) is 0 Å². The summed E-state index contributed by atoms with van der Waals surface area (Å²) in [6.45, 7) is 6.11. The molecule has 0 saturated heterocycles. The van der Waals surface area contributed by atoms with Crippen LogP contribution in [0.2, 0.25) is 0 Å². The van der Waals surface area contributed by atoms with Crippen molar-refractivity contribution in [2.45, 2.75) is 67.8 Å². The highest BCUT2D eigenvalue weighted by Gasteiger charge is 2.46. The van der Waals surface area contributed by atoms with Gasteiger partial charge in [0.15, 0.2) is 14.7 Å². The van der Waals surface area contributed by atoms with E-state index in [1.807, 2.05) is 0 Å². The number of benzene rings is 3. The van der Waals surface area contributed by atoms with Crippen LogP contribution >= 0.6 is 0 Å². The summed E-state index contributed by atoms with van der Waals surface area (Å²) in [7, 11) is -1.59. The quantitative estimate of drug-likeness (QED) is 0.223. The summed E-state index contributed by atoms with van der Waals surface area (Å²) in [5.74, 6) is -0.577. The molecule has 1 atom stereocenters. The first-order valence-electron chi connectivity index (χ1n) is 10.7. The molecule has 3 aromatic rings. The maximum absolute atomic E-state index is 14.4. The molecule has 200 valence electrons. The van der Waals surface area contributed by atoms with Gasteiger partial charge in [-0.1, -0.05) is 0 Å². The van der Waals surface area contributed by atoms with Crippen LogP contribution in [0.4, 0.5) is 43.9 Å². The standard InChI is InChI=1S/C26H21F10S/c1-12-6-17(7-13(2)21(12)25(31,32)33)37(18-9-15(4)23(27)16(5)10-18)19-8-14(3)22(26(34,35)36)20(11-19)24(28,29)30/h6-11H,1-5H3/q+1. The van der Waals surface area contributed by atoms with Crippen LogP contribution in [0.25, 0.3) is 0 Å². The summed E-state index contributed by atoms with van der Waals surface area (Å²) in [5.41, 5.74) is -5.47. The van der Waals surface area contributed by atoms with Crippen LogP contribution in [-0.2, 0) is 29.4 Å². The molecular formula is C26H21F10S+. The molecule has 0 heterocycles. The largest absolute Gasteiger partial charge is 0.417 e. The highest BCUT2D eigenvalue weighted by Crippen LogP contribution is 2.46. The van der Waals surface area contributed by atoms with E-state index in [0.29, 0.717) is 6.07 Å². The minimum absolute atomic E-state index is 0.132. The lowest BCUT2D eigenvalue weighted by atomic mass is 10.0. The molecule has 0 aliphatic rings. The molecule has 3 aromatic carbocycles. The zero-order valence-corrected chi connectivity index (χ0v) is 21.0. The maximum Gasteiger partial charge on any atom is 0.417 e. The average molecular weight is 556 g/mol. The van der Waals surface area contributed by atoms with Gasteiger partial charge in [0, 0.05) is 6.07 Å². The van der Waals surface area contributed by atoms with E-state index in [4.69, 9.17) is 0 Å². The Hall–Kier alpha value is -2.69. The van der Waals surface area contributed by atoms with Gasteiger partial charge in [0.1, 0.15) is 5.82 Å². The van der Waals surface area contributed by atoms with Gasteiger partial charge >= 0.3 is 18.5 Å². The van der Waals surface area contributed by atoms with E-state index in [9.17, 15) is 43.9 Å². The molecule has 37 heavy (non-hydrogen) atoms. The van der Waals surface area contributed by atoms with Crippen molar-refractivity contribution in [3.8, 4) is 0 Å². The van der Waals surface area contributed by atoms with Crippen LogP contribution in [0.3, 0.4) is 0 Å². The van der Waals surface area contributed by atoms with Crippen molar-refractivity contribution in [3.05, 3.63) is 86.7 Å². The first-order chi connectivity index (χ1) is 16.7. The molecule has 0 bridgehead atoms. The Balaban J connectivity index is 2.44. The summed E-state index contributed by atoms with van der Waals surface area (Å²) in [6, 6.07) is 6.34. The first kappa shape index (κ1) is 28.9. The number of hydrogen-bond acceptors (Lipinski definition) is 0. The second-order valence-electron chi connectivity index (χ2n) is 8.77. The van der Waals surface area contributed by atoms with Crippen LogP contribution in [0.15, 0.2) is 51.1 Å². The Morgan fingerprint density at radius 2 is 0.784 bits per heavy atom. The molecule has 0 spiro atoms. The van der Waals surface area contributed by atoms with E-state index in [1.54, 1.807) is 0 Å². The Labute approximate surface area is 209 Å². The van der Waals surface area contributed by atoms with Gasteiger partial charge in [-0.2, -0.15) is 39.5 Å². The van der Waals surface area contributed by atoms with Gasteiger partial charge in [0.25, 0.3) is 0 Å². The lowest BCUT2D eigenvalue weighted by Gasteiger charge is -2.20. The number of rotatable bonds is 3. The second kappa shape index (κ2) is 9.56. The third-order valence-electron chi connectivity index (χ3n) is 5.80. The molecule has 0 aromatic heterocycles. The number of hydrogen-bond donors (Lipinski definition) is 0. The number of halogens is 10. The second-order valence-corrected chi connectivity index (χ2v) is 10.8. The number of aryl methyl sites for hydroxylation is 5. The van der Waals surface area contributed by atoms with Crippen LogP contribution in [0.1, 0.15) is 44.5 Å². The SMILES string of the molecule is Cc1cc([S+](c2cc(C)c(C(F)(F)F)c(C)c2)c2cc(C)c(C(F)(F)F)c(C(F)(F)F)c2)cc(C)c1F. The smallest absolute Gasteiger partial charge is 0.206 e. The molecule has 3 rings (SSSR count). The van der Waals surface area contributed by atoms with Gasteiger partial charge in [-0.25, -0.2) is 4.39 Å². The van der Waals surface area contributed by atoms with E-state index < -0.39 is 57.5 Å². The van der Waals surface area contributed by atoms with Gasteiger partial charge in [-0.3, -0.25) is 0 Å². The first-order valence-corrected chi connectivity index (χ1v) is 11.9. The van der Waals surface area contributed by atoms with Crippen molar-refractivity contribution < 1.29 is 43.9 Å². The molecule has 1 unspecified atom stereocenters. The predicted octanol–water partition coefficient (Wildman–Crippen LogP) is 9.52. The molecule has 0 radical (unpaired) electrons. The Morgan fingerprint density at radius 1 is 0.459 bits per heavy atom. The fourth-order valence-electron chi connectivity index (χ4n) is 4.39. The summed E-state index contributed by atoms with van der Waals surface area (Å²) in [4.78, 5) is 0.213. The monoisotopic (exact) mass is 555 g/mol. The van der Waals surface area contributed by atoms with Crippen LogP contribution in [0.5, 0.6) is 0 Å². The maximum atomic E-state index is 14.4. The van der Waals surface area contributed by atoms with Crippen LogP contribution in [-0.4, -0.2) is 0 Å². The molecular weight excluding hydrogens is 534 g/mol. The van der Waals surface area contributed by atoms with Crippen molar-refractivity contribution in [2.24, 2.45) is 0 Å². The van der Waals surface area contributed by atoms with Crippen molar-refractivity contribution >= 4 is 10.9 Å². The molecule has 0 fully saturated rings. The van der Waals surface area contributed by atoms with Crippen molar-refractivity contribution in [1.29, 1.82) is 0 Å². The Morgan fingerprint density at radius 3 is 1.14 bits per heavy atom. The Bertz CT molecular complexity index is 1300. The highest BCUT2D eigenvalue weighted by molar-refractivity contribution is 7.97. The van der Waals surface area contributed by atoms with Crippen LogP contribution in [0, 0.1) is 40.4 Å². The van der Waals surface area contributed by atoms with Crippen molar-refractivity contribution in [2.75, 3.05) is 0 Å². The summed E-state index contributed by atoms with van der Waals surface area (Å²) >= 11 is 0. The lowest BCUT2D eigenvalue weighted by molar-refractivity contribution is -0.162. The zero-order valence-electron chi connectivity index (χ0n) is 20.2. The third kappa shape index (κ3) is 5.76. The molecule has 0 nitrogen and oxygen atoms in total. The Kier molecular flexibility index (Phi) is 7.46. The van der Waals surface area contributed by atoms with Gasteiger partial charge in [-0.15, -0.1) is 0 Å². The third-order valence-corrected chi connectivity index (χ3v) is 7.93. The number of alkyl halides is 9. The minimum atomic E-state index is -5.36. The molecule has 0 aliphatic carbocycles. The normalized spacial score (nSPS) is 13.7. The summed E-state index contributed by atoms with van der Waals surface area (Å²) in [5, 5.41) is 0. The zero-order chi connectivity index (χ0) is 28.2. The van der Waals surface area contributed by atoms with E-state index in [2.05, 4.69) is 0 Å². The predicted molar refractivity (Wildman–Crippen MR) is 120 cm³/mol. The fraction of sp³-hybridized carbons (Fsp3) is 0.308. The minimum Gasteiger partial charge on any atom is -0.206 e. The highest BCUT2D eigenvalue weighted by atomic mass is 32.2. The average Bonchev–Trinajstić information content (AvgIpc) is 2.68. The van der Waals surface area contributed by atoms with Crippen molar-refractivity contribution in [1.82, 2.24) is 0 Å². The summed E-state index contributed by atoms with van der Waals surface area (Å²) in [6.07, 6.45) is -15.3. The van der Waals surface area contributed by atoms with Gasteiger partial charge in [-0.05, 0) is 92.8 Å².